The minimum Gasteiger partial charge on any atom is -0.496 e. The van der Waals surface area contributed by atoms with Gasteiger partial charge in [-0.05, 0) is 42.5 Å². The molecule has 0 atom stereocenters. The van der Waals surface area contributed by atoms with E-state index in [0.29, 0.717) is 33.7 Å². The van der Waals surface area contributed by atoms with E-state index in [-0.39, 0.29) is 11.0 Å². The Balaban J connectivity index is 1.73. The van der Waals surface area contributed by atoms with Gasteiger partial charge in [0, 0.05) is 23.4 Å². The van der Waals surface area contributed by atoms with E-state index in [9.17, 15) is 14.0 Å². The maximum Gasteiger partial charge on any atom is 0.255 e. The zero-order chi connectivity index (χ0) is 20.4. The number of carbonyl (C=O) groups is 1. The Kier molecular flexibility index (Phi) is 4.83. The molecule has 4 aromatic rings. The van der Waals surface area contributed by atoms with Crippen LogP contribution in [0.3, 0.4) is 0 Å². The molecule has 1 heterocycles. The minimum atomic E-state index is -0.497. The highest BCUT2D eigenvalue weighted by Gasteiger charge is 2.13. The lowest BCUT2D eigenvalue weighted by atomic mass is 10.1. The second kappa shape index (κ2) is 7.59. The van der Waals surface area contributed by atoms with Crippen molar-refractivity contribution in [1.29, 1.82) is 0 Å². The van der Waals surface area contributed by atoms with Crippen LogP contribution in [0.25, 0.3) is 22.3 Å². The number of halogens is 1. The van der Waals surface area contributed by atoms with Crippen molar-refractivity contribution in [3.63, 3.8) is 0 Å². The first-order chi connectivity index (χ1) is 14.0. The first kappa shape index (κ1) is 18.4. The second-order valence-electron chi connectivity index (χ2n) is 6.35. The maximum atomic E-state index is 13.3. The molecule has 0 radical (unpaired) electrons. The fourth-order valence-corrected chi connectivity index (χ4v) is 3.05. The van der Waals surface area contributed by atoms with Crippen molar-refractivity contribution in [2.24, 2.45) is 0 Å². The van der Waals surface area contributed by atoms with Crippen LogP contribution in [0.1, 0.15) is 10.4 Å². The quantitative estimate of drug-likeness (QED) is 0.541. The van der Waals surface area contributed by atoms with Gasteiger partial charge in [0.05, 0.1) is 18.1 Å². The zero-order valence-corrected chi connectivity index (χ0v) is 15.4. The summed E-state index contributed by atoms with van der Waals surface area (Å²) in [4.78, 5) is 24.9. The van der Waals surface area contributed by atoms with Crippen LogP contribution < -0.4 is 15.5 Å². The molecule has 0 unspecified atom stereocenters. The van der Waals surface area contributed by atoms with Crippen LogP contribution in [0.2, 0.25) is 0 Å². The van der Waals surface area contributed by atoms with Gasteiger partial charge in [0.1, 0.15) is 22.9 Å². The number of amides is 1. The van der Waals surface area contributed by atoms with Gasteiger partial charge in [-0.1, -0.05) is 18.2 Å². The SMILES string of the molecule is COc1ccccc1-c1cc(=O)c2ccc(NC(=O)c3cccc(F)c3)cc2o1. The van der Waals surface area contributed by atoms with E-state index in [1.54, 1.807) is 30.3 Å². The third-order valence-electron chi connectivity index (χ3n) is 4.45. The third-order valence-corrected chi connectivity index (χ3v) is 4.45. The Labute approximate surface area is 165 Å². The Morgan fingerprint density at radius 3 is 2.62 bits per heavy atom. The first-order valence-corrected chi connectivity index (χ1v) is 8.83. The van der Waals surface area contributed by atoms with Crippen molar-refractivity contribution < 1.29 is 18.3 Å². The van der Waals surface area contributed by atoms with Crippen LogP contribution >= 0.6 is 0 Å². The second-order valence-corrected chi connectivity index (χ2v) is 6.35. The fourth-order valence-electron chi connectivity index (χ4n) is 3.05. The van der Waals surface area contributed by atoms with E-state index in [2.05, 4.69) is 5.32 Å². The molecule has 5 nitrogen and oxygen atoms in total. The maximum absolute atomic E-state index is 13.3. The Hall–Kier alpha value is -3.93. The minimum absolute atomic E-state index is 0.189. The summed E-state index contributed by atoms with van der Waals surface area (Å²) >= 11 is 0. The molecule has 1 aromatic heterocycles. The average Bonchev–Trinajstić information content (AvgIpc) is 2.73. The van der Waals surface area contributed by atoms with Gasteiger partial charge in [0.2, 0.25) is 0 Å². The molecule has 3 aromatic carbocycles. The van der Waals surface area contributed by atoms with Gasteiger partial charge in [-0.25, -0.2) is 4.39 Å². The summed E-state index contributed by atoms with van der Waals surface area (Å²) < 4.78 is 24.6. The third kappa shape index (κ3) is 3.73. The summed E-state index contributed by atoms with van der Waals surface area (Å²) in [5.41, 5.74) is 1.36. The smallest absolute Gasteiger partial charge is 0.255 e. The van der Waals surface area contributed by atoms with Gasteiger partial charge < -0.3 is 14.5 Å². The predicted octanol–water partition coefficient (Wildman–Crippen LogP) is 4.86. The van der Waals surface area contributed by atoms with Crippen LogP contribution in [0.5, 0.6) is 5.75 Å². The molecule has 0 saturated carbocycles. The number of hydrogen-bond acceptors (Lipinski definition) is 4. The molecular weight excluding hydrogens is 373 g/mol. The van der Waals surface area contributed by atoms with Crippen LogP contribution in [-0.2, 0) is 0 Å². The molecule has 0 spiro atoms. The topological polar surface area (TPSA) is 68.5 Å². The molecule has 0 aliphatic carbocycles. The molecule has 0 fully saturated rings. The number of methoxy groups -OCH3 is 1. The molecule has 144 valence electrons. The lowest BCUT2D eigenvalue weighted by molar-refractivity contribution is 0.102. The number of carbonyl (C=O) groups excluding carboxylic acids is 1. The molecule has 4 rings (SSSR count). The lowest BCUT2D eigenvalue weighted by Gasteiger charge is -2.09. The van der Waals surface area contributed by atoms with Crippen molar-refractivity contribution >= 4 is 22.6 Å². The monoisotopic (exact) mass is 389 g/mol. The van der Waals surface area contributed by atoms with Crippen molar-refractivity contribution in [1.82, 2.24) is 0 Å². The summed E-state index contributed by atoms with van der Waals surface area (Å²) in [6.45, 7) is 0. The standard InChI is InChI=1S/C23H16FNO4/c1-28-20-8-3-2-7-18(20)22-13-19(26)17-10-9-16(12-21(17)29-22)25-23(27)14-5-4-6-15(24)11-14/h2-13H,1H3,(H,25,27). The molecule has 29 heavy (non-hydrogen) atoms. The fraction of sp³-hybridized carbons (Fsp3) is 0.0435. The highest BCUT2D eigenvalue weighted by Crippen LogP contribution is 2.31. The number of rotatable bonds is 4. The van der Waals surface area contributed by atoms with E-state index in [0.717, 1.165) is 6.07 Å². The molecule has 0 saturated heterocycles. The summed E-state index contributed by atoms with van der Waals surface area (Å²) in [5, 5.41) is 3.07. The number of benzene rings is 3. The normalized spacial score (nSPS) is 10.7. The van der Waals surface area contributed by atoms with E-state index in [1.165, 1.54) is 31.4 Å². The number of nitrogens with one attached hydrogen (secondary N) is 1. The average molecular weight is 389 g/mol. The van der Waals surface area contributed by atoms with Crippen molar-refractivity contribution in [2.45, 2.75) is 0 Å². The Morgan fingerprint density at radius 1 is 1.00 bits per heavy atom. The molecule has 1 N–H and O–H groups in total. The highest BCUT2D eigenvalue weighted by atomic mass is 19.1. The molecule has 6 heteroatoms. The van der Waals surface area contributed by atoms with Gasteiger partial charge >= 0.3 is 0 Å². The van der Waals surface area contributed by atoms with Crippen LogP contribution in [0.4, 0.5) is 10.1 Å². The number of ether oxygens (including phenoxy) is 1. The summed E-state index contributed by atoms with van der Waals surface area (Å²) in [6.07, 6.45) is 0. The summed E-state index contributed by atoms with van der Waals surface area (Å²) in [7, 11) is 1.54. The van der Waals surface area contributed by atoms with Gasteiger partial charge in [0.25, 0.3) is 5.91 Å². The van der Waals surface area contributed by atoms with Crippen molar-refractivity contribution in [2.75, 3.05) is 12.4 Å². The van der Waals surface area contributed by atoms with Crippen molar-refractivity contribution in [3.8, 4) is 17.1 Å². The summed E-state index contributed by atoms with van der Waals surface area (Å²) in [6, 6.07) is 18.7. The highest BCUT2D eigenvalue weighted by molar-refractivity contribution is 6.05. The van der Waals surface area contributed by atoms with Gasteiger partial charge in [-0.15, -0.1) is 0 Å². The van der Waals surface area contributed by atoms with E-state index in [4.69, 9.17) is 9.15 Å². The van der Waals surface area contributed by atoms with Crippen LogP contribution in [0, 0.1) is 5.82 Å². The van der Waals surface area contributed by atoms with E-state index < -0.39 is 11.7 Å². The largest absolute Gasteiger partial charge is 0.496 e. The van der Waals surface area contributed by atoms with Crippen LogP contribution in [0.15, 0.2) is 82.0 Å². The lowest BCUT2D eigenvalue weighted by Crippen LogP contribution is -2.12. The molecular formula is C23H16FNO4. The predicted molar refractivity (Wildman–Crippen MR) is 109 cm³/mol. The Morgan fingerprint density at radius 2 is 1.83 bits per heavy atom. The zero-order valence-electron chi connectivity index (χ0n) is 15.4. The van der Waals surface area contributed by atoms with Gasteiger partial charge in [0.15, 0.2) is 5.43 Å². The molecule has 0 bridgehead atoms. The van der Waals surface area contributed by atoms with Crippen molar-refractivity contribution in [3.05, 3.63) is 94.4 Å². The van der Waals surface area contributed by atoms with E-state index in [1.807, 2.05) is 12.1 Å². The number of para-hydroxylation sites is 1. The van der Waals surface area contributed by atoms with E-state index >= 15 is 0 Å². The number of fused-ring (bicyclic) bond motifs is 1. The number of anilines is 1. The van der Waals surface area contributed by atoms with Gasteiger partial charge in [-0.2, -0.15) is 0 Å². The molecule has 0 aliphatic rings. The van der Waals surface area contributed by atoms with Gasteiger partial charge in [-0.3, -0.25) is 9.59 Å². The molecule has 1 amide bonds. The first-order valence-electron chi connectivity index (χ1n) is 8.83. The number of hydrogen-bond donors (Lipinski definition) is 1. The Bertz CT molecular complexity index is 1280. The summed E-state index contributed by atoms with van der Waals surface area (Å²) in [5.74, 6) is -0.0326. The van der Waals surface area contributed by atoms with Crippen LogP contribution in [-0.4, -0.2) is 13.0 Å². The molecule has 0 aliphatic heterocycles.